The van der Waals surface area contributed by atoms with Crippen LogP contribution in [0.3, 0.4) is 0 Å². The summed E-state index contributed by atoms with van der Waals surface area (Å²) in [6.45, 7) is 8.34. The summed E-state index contributed by atoms with van der Waals surface area (Å²) in [6.07, 6.45) is 54.9. The molecule has 3 heteroatoms. The maximum Gasteiger partial charge on any atom is 0.161 e. The van der Waals surface area contributed by atoms with Crippen molar-refractivity contribution in [2.75, 3.05) is 13.2 Å². The van der Waals surface area contributed by atoms with Gasteiger partial charge in [0.2, 0.25) is 0 Å². The summed E-state index contributed by atoms with van der Waals surface area (Å²) in [4.78, 5) is 0.863. The fourth-order valence-electron chi connectivity index (χ4n) is 8.36. The number of allylic oxidation sites excluding steroid dienone is 1. The van der Waals surface area contributed by atoms with Gasteiger partial charge in [-0.15, -0.1) is 0 Å². The predicted molar refractivity (Wildman–Crippen MR) is 272 cm³/mol. The van der Waals surface area contributed by atoms with Crippen molar-refractivity contribution in [2.45, 2.75) is 258 Å². The lowest BCUT2D eigenvalue weighted by Crippen LogP contribution is -2.03. The molecule has 0 heterocycles. The molecule has 0 amide bonds. The van der Waals surface area contributed by atoms with Crippen LogP contribution in [-0.4, -0.2) is 18.1 Å². The Bertz CT molecular complexity index is 1270. The minimum atomic E-state index is 0.740. The zero-order chi connectivity index (χ0) is 42.8. The zero-order valence-electron chi connectivity index (χ0n) is 40.0. The van der Waals surface area contributed by atoms with Crippen molar-refractivity contribution in [3.63, 3.8) is 0 Å². The molecule has 0 spiro atoms. The van der Waals surface area contributed by atoms with Crippen LogP contribution in [0.15, 0.2) is 48.5 Å². The van der Waals surface area contributed by atoms with Crippen molar-refractivity contribution in [1.82, 2.24) is 0 Å². The minimum Gasteiger partial charge on any atom is -0.490 e. The van der Waals surface area contributed by atoms with E-state index in [0.29, 0.717) is 0 Å². The molecule has 0 atom stereocenters. The quantitative estimate of drug-likeness (QED) is 0.0287. The lowest BCUT2D eigenvalue weighted by Gasteiger charge is -2.14. The smallest absolute Gasteiger partial charge is 0.161 e. The Kier molecular flexibility index (Phi) is 36.8. The number of unbranched alkanes of at least 4 members (excludes halogenated alkanes) is 33. The maximum absolute atomic E-state index is 6.43. The highest BCUT2D eigenvalue weighted by atomic mass is 32.1. The van der Waals surface area contributed by atoms with Gasteiger partial charge in [0.15, 0.2) is 11.5 Å². The third-order valence-corrected chi connectivity index (χ3v) is 12.8. The van der Waals surface area contributed by atoms with Gasteiger partial charge < -0.3 is 9.47 Å². The number of benzene rings is 2. The molecule has 2 aromatic carbocycles. The van der Waals surface area contributed by atoms with E-state index in [1.807, 2.05) is 0 Å². The molecular formula is C57H96O2S. The molecule has 0 aliphatic carbocycles. The summed E-state index contributed by atoms with van der Waals surface area (Å²) in [5.74, 6) is 1.74. The molecule has 2 aromatic rings. The highest BCUT2D eigenvalue weighted by Crippen LogP contribution is 2.30. The first-order valence-corrected chi connectivity index (χ1v) is 26.8. The molecule has 60 heavy (non-hydrogen) atoms. The number of hydrogen-bond acceptors (Lipinski definition) is 3. The molecule has 0 aromatic heterocycles. The van der Waals surface area contributed by atoms with Gasteiger partial charge in [0.05, 0.1) is 13.2 Å². The Hall–Kier alpha value is -2.13. The molecule has 0 aliphatic rings. The van der Waals surface area contributed by atoms with E-state index >= 15 is 0 Å². The fourth-order valence-corrected chi connectivity index (χ4v) is 8.57. The van der Waals surface area contributed by atoms with E-state index in [1.54, 1.807) is 0 Å². The Labute approximate surface area is 379 Å². The first kappa shape index (κ1) is 54.0. The van der Waals surface area contributed by atoms with Gasteiger partial charge in [-0.1, -0.05) is 281 Å². The first-order chi connectivity index (χ1) is 29.7. The van der Waals surface area contributed by atoms with Gasteiger partial charge in [0, 0.05) is 4.86 Å². The molecule has 0 bridgehead atoms. The Morgan fingerprint density at radius 1 is 0.400 bits per heavy atom. The van der Waals surface area contributed by atoms with E-state index in [2.05, 4.69) is 75.4 Å². The van der Waals surface area contributed by atoms with E-state index < -0.39 is 0 Å². The van der Waals surface area contributed by atoms with Crippen LogP contribution in [0.1, 0.15) is 269 Å². The lowest BCUT2D eigenvalue weighted by molar-refractivity contribution is 0.258. The molecule has 0 unspecified atom stereocenters. The summed E-state index contributed by atoms with van der Waals surface area (Å²) in [7, 11) is 0. The van der Waals surface area contributed by atoms with Crippen LogP contribution >= 0.6 is 12.2 Å². The van der Waals surface area contributed by atoms with E-state index in [9.17, 15) is 0 Å². The van der Waals surface area contributed by atoms with Gasteiger partial charge in [-0.05, 0) is 60.6 Å². The monoisotopic (exact) mass is 845 g/mol. The van der Waals surface area contributed by atoms with Gasteiger partial charge in [-0.25, -0.2) is 0 Å². The van der Waals surface area contributed by atoms with Gasteiger partial charge in [0.25, 0.3) is 0 Å². The Morgan fingerprint density at radius 2 is 0.750 bits per heavy atom. The average Bonchev–Trinajstić information content (AvgIpc) is 3.27. The Balaban J connectivity index is 1.67. The van der Waals surface area contributed by atoms with Crippen molar-refractivity contribution in [3.05, 3.63) is 65.2 Å². The van der Waals surface area contributed by atoms with Gasteiger partial charge >= 0.3 is 0 Å². The van der Waals surface area contributed by atoms with E-state index in [-0.39, 0.29) is 0 Å². The van der Waals surface area contributed by atoms with Crippen molar-refractivity contribution < 1.29 is 9.47 Å². The van der Waals surface area contributed by atoms with Crippen LogP contribution in [0.2, 0.25) is 0 Å². The van der Waals surface area contributed by atoms with Crippen LogP contribution in [0.25, 0.3) is 6.08 Å². The number of aryl methyl sites for hydroxylation is 1. The summed E-state index contributed by atoms with van der Waals surface area (Å²) >= 11 is 5.81. The summed E-state index contributed by atoms with van der Waals surface area (Å²) in [5, 5.41) is 0. The second-order valence-electron chi connectivity index (χ2n) is 18.2. The third-order valence-electron chi connectivity index (χ3n) is 12.5. The van der Waals surface area contributed by atoms with Crippen LogP contribution in [0, 0.1) is 0 Å². The molecule has 342 valence electrons. The van der Waals surface area contributed by atoms with Crippen LogP contribution < -0.4 is 9.47 Å². The average molecular weight is 845 g/mol. The molecule has 0 radical (unpaired) electrons. The molecule has 0 N–H and O–H groups in total. The van der Waals surface area contributed by atoms with Crippen LogP contribution in [-0.2, 0) is 6.42 Å². The first-order valence-electron chi connectivity index (χ1n) is 26.4. The van der Waals surface area contributed by atoms with E-state index in [1.165, 1.54) is 224 Å². The molecule has 0 fully saturated rings. The summed E-state index contributed by atoms with van der Waals surface area (Å²) in [6, 6.07) is 15.2. The second kappa shape index (κ2) is 40.9. The zero-order valence-corrected chi connectivity index (χ0v) is 40.8. The molecule has 2 rings (SSSR count). The highest BCUT2D eigenvalue weighted by molar-refractivity contribution is 7.81. The van der Waals surface area contributed by atoms with Crippen LogP contribution in [0.4, 0.5) is 0 Å². The van der Waals surface area contributed by atoms with Crippen LogP contribution in [0.5, 0.6) is 11.5 Å². The van der Waals surface area contributed by atoms with Crippen molar-refractivity contribution in [2.24, 2.45) is 0 Å². The molecular weight excluding hydrogens is 749 g/mol. The topological polar surface area (TPSA) is 18.5 Å². The van der Waals surface area contributed by atoms with Crippen molar-refractivity contribution in [1.29, 1.82) is 0 Å². The molecule has 2 nitrogen and oxygen atoms in total. The predicted octanol–water partition coefficient (Wildman–Crippen LogP) is 19.5. The second-order valence-corrected chi connectivity index (χ2v) is 18.7. The lowest BCUT2D eigenvalue weighted by atomic mass is 10.0. The fraction of sp³-hybridized carbons (Fsp3) is 0.737. The van der Waals surface area contributed by atoms with Gasteiger partial charge in [-0.3, -0.25) is 0 Å². The summed E-state index contributed by atoms with van der Waals surface area (Å²) in [5.41, 5.74) is 3.59. The molecule has 0 saturated carbocycles. The van der Waals surface area contributed by atoms with Crippen molar-refractivity contribution in [3.8, 4) is 11.5 Å². The number of ether oxygens (including phenoxy) is 2. The number of thiocarbonyl (C=S) groups is 1. The van der Waals surface area contributed by atoms with Gasteiger partial charge in [0.1, 0.15) is 0 Å². The number of rotatable bonds is 44. The highest BCUT2D eigenvalue weighted by Gasteiger charge is 2.08. The van der Waals surface area contributed by atoms with E-state index in [0.717, 1.165) is 60.0 Å². The Morgan fingerprint density at radius 3 is 1.13 bits per heavy atom. The largest absolute Gasteiger partial charge is 0.490 e. The minimum absolute atomic E-state index is 0.740. The van der Waals surface area contributed by atoms with Gasteiger partial charge in [-0.2, -0.15) is 0 Å². The normalized spacial score (nSPS) is 11.5. The standard InChI is InChI=1S/C57H96O2S/c1-4-7-10-12-14-16-18-20-22-24-26-28-30-32-34-36-38-49-58-55-47-43-53(44-48-57(60)54-45-41-52(42-46-54)40-9-6-3)51-56(55)59-50-39-37-35-33-31-29-27-25-23-21-19-17-15-13-11-8-5-2/h41-48,51H,4-40,49-50H2,1-3H3. The SMILES string of the molecule is CCCCCCCCCCCCCCCCCCCOc1ccc(C=CC(=S)c2ccc(CCCC)cc2)cc1OCCCCCCCCCCCCCCCCCCC. The summed E-state index contributed by atoms with van der Waals surface area (Å²) < 4.78 is 12.8. The third kappa shape index (κ3) is 30.8. The molecule has 0 saturated heterocycles. The van der Waals surface area contributed by atoms with E-state index in [4.69, 9.17) is 21.7 Å². The number of hydrogen-bond donors (Lipinski definition) is 0. The molecule has 0 aliphatic heterocycles. The van der Waals surface area contributed by atoms with Crippen molar-refractivity contribution >= 4 is 23.2 Å². The maximum atomic E-state index is 6.43.